The molecule has 0 amide bonds. The smallest absolute Gasteiger partial charge is 0.235 e. The van der Waals surface area contributed by atoms with E-state index in [2.05, 4.69) is 4.98 Å². The van der Waals surface area contributed by atoms with Gasteiger partial charge in [-0.2, -0.15) is 13.2 Å². The molecule has 0 aliphatic carbocycles. The molecular weight excluding hydrogens is 263 g/mol. The van der Waals surface area contributed by atoms with Crippen LogP contribution in [0.25, 0.3) is 11.3 Å². The van der Waals surface area contributed by atoms with E-state index in [-0.39, 0.29) is 16.4 Å². The van der Waals surface area contributed by atoms with Gasteiger partial charge in [0.25, 0.3) is 0 Å². The summed E-state index contributed by atoms with van der Waals surface area (Å²) in [5, 5.41) is 0.0550. The van der Waals surface area contributed by atoms with Crippen LogP contribution in [0.15, 0.2) is 36.4 Å². The number of rotatable bonds is 1. The maximum atomic E-state index is 13.0. The van der Waals surface area contributed by atoms with Crippen molar-refractivity contribution < 1.29 is 13.2 Å². The fourth-order valence-electron chi connectivity index (χ4n) is 1.80. The Kier molecular flexibility index (Phi) is 3.30. The van der Waals surface area contributed by atoms with Crippen LogP contribution in [0.4, 0.5) is 13.2 Å². The molecule has 0 spiro atoms. The molecule has 2 aromatic rings. The Balaban J connectivity index is 2.74. The number of pyridine rings is 1. The first-order valence-electron chi connectivity index (χ1n) is 5.19. The molecule has 2 rings (SSSR count). The van der Waals surface area contributed by atoms with Gasteiger partial charge in [-0.05, 0) is 18.6 Å². The van der Waals surface area contributed by atoms with Gasteiger partial charge in [0.2, 0.25) is 0 Å². The quantitative estimate of drug-likeness (QED) is 0.683. The van der Waals surface area contributed by atoms with Gasteiger partial charge < -0.3 is 0 Å². The van der Waals surface area contributed by atoms with Gasteiger partial charge in [-0.1, -0.05) is 41.9 Å². The number of hydrogen-bond donors (Lipinski definition) is 0. The number of halogens is 4. The number of benzene rings is 1. The van der Waals surface area contributed by atoms with Crippen molar-refractivity contribution in [3.8, 4) is 11.3 Å². The van der Waals surface area contributed by atoms with Gasteiger partial charge in [-0.25, -0.2) is 4.98 Å². The number of alkyl halides is 3. The van der Waals surface area contributed by atoms with Gasteiger partial charge in [0.05, 0.1) is 11.3 Å². The van der Waals surface area contributed by atoms with Crippen molar-refractivity contribution >= 4 is 11.6 Å². The summed E-state index contributed by atoms with van der Waals surface area (Å²) in [5.74, 6) is 0. The van der Waals surface area contributed by atoms with Crippen molar-refractivity contribution in [3.63, 3.8) is 0 Å². The van der Waals surface area contributed by atoms with Crippen LogP contribution < -0.4 is 0 Å². The highest BCUT2D eigenvalue weighted by Crippen LogP contribution is 2.38. The molecule has 0 aliphatic heterocycles. The lowest BCUT2D eigenvalue weighted by atomic mass is 10.0. The standard InChI is InChI=1S/C13H9ClF3N/c1-8-7-10(14)18-12(11(8)13(15,16)17)9-5-3-2-4-6-9/h2-7H,1H3. The number of aromatic nitrogens is 1. The Morgan fingerprint density at radius 1 is 1.11 bits per heavy atom. The molecule has 0 aliphatic rings. The molecule has 5 heteroatoms. The first-order chi connectivity index (χ1) is 8.39. The highest BCUT2D eigenvalue weighted by Gasteiger charge is 2.36. The lowest BCUT2D eigenvalue weighted by Crippen LogP contribution is -2.11. The predicted octanol–water partition coefficient (Wildman–Crippen LogP) is 4.73. The first-order valence-corrected chi connectivity index (χ1v) is 5.57. The summed E-state index contributed by atoms with van der Waals surface area (Å²) >= 11 is 5.74. The van der Waals surface area contributed by atoms with E-state index >= 15 is 0 Å². The zero-order valence-corrected chi connectivity index (χ0v) is 10.2. The highest BCUT2D eigenvalue weighted by atomic mass is 35.5. The Labute approximate surface area is 107 Å². The second-order valence-electron chi connectivity index (χ2n) is 3.85. The molecule has 1 nitrogen and oxygen atoms in total. The van der Waals surface area contributed by atoms with E-state index in [1.165, 1.54) is 13.0 Å². The summed E-state index contributed by atoms with van der Waals surface area (Å²) in [6.45, 7) is 1.38. The monoisotopic (exact) mass is 271 g/mol. The molecule has 1 heterocycles. The second kappa shape index (κ2) is 4.61. The zero-order chi connectivity index (χ0) is 13.3. The van der Waals surface area contributed by atoms with E-state index in [0.29, 0.717) is 5.56 Å². The van der Waals surface area contributed by atoms with Crippen molar-refractivity contribution in [2.24, 2.45) is 0 Å². The van der Waals surface area contributed by atoms with Crippen LogP contribution in [0.1, 0.15) is 11.1 Å². The Bertz CT molecular complexity index is 564. The van der Waals surface area contributed by atoms with E-state index in [4.69, 9.17) is 11.6 Å². The van der Waals surface area contributed by atoms with Crippen molar-refractivity contribution in [2.75, 3.05) is 0 Å². The lowest BCUT2D eigenvalue weighted by Gasteiger charge is -2.15. The maximum absolute atomic E-state index is 13.0. The molecule has 0 fully saturated rings. The van der Waals surface area contributed by atoms with Gasteiger partial charge in [0.15, 0.2) is 0 Å². The minimum Gasteiger partial charge on any atom is -0.235 e. The van der Waals surface area contributed by atoms with Crippen molar-refractivity contribution in [2.45, 2.75) is 13.1 Å². The zero-order valence-electron chi connectivity index (χ0n) is 9.42. The topological polar surface area (TPSA) is 12.9 Å². The van der Waals surface area contributed by atoms with Crippen molar-refractivity contribution in [1.82, 2.24) is 4.98 Å². The minimum atomic E-state index is -4.45. The Morgan fingerprint density at radius 3 is 2.28 bits per heavy atom. The number of aryl methyl sites for hydroxylation is 1. The second-order valence-corrected chi connectivity index (χ2v) is 4.24. The highest BCUT2D eigenvalue weighted by molar-refractivity contribution is 6.29. The van der Waals surface area contributed by atoms with Crippen LogP contribution in [0.2, 0.25) is 5.15 Å². The van der Waals surface area contributed by atoms with E-state index in [0.717, 1.165) is 0 Å². The molecule has 0 bridgehead atoms. The first kappa shape index (κ1) is 12.9. The van der Waals surface area contributed by atoms with E-state index in [9.17, 15) is 13.2 Å². The molecule has 0 radical (unpaired) electrons. The summed E-state index contributed by atoms with van der Waals surface area (Å²) in [5.41, 5.74) is -0.400. The lowest BCUT2D eigenvalue weighted by molar-refractivity contribution is -0.137. The molecular formula is C13H9ClF3N. The van der Waals surface area contributed by atoms with Gasteiger partial charge in [-0.3, -0.25) is 0 Å². The Morgan fingerprint density at radius 2 is 1.72 bits per heavy atom. The maximum Gasteiger partial charge on any atom is 0.418 e. The molecule has 0 atom stereocenters. The molecule has 0 saturated heterocycles. The summed E-state index contributed by atoms with van der Waals surface area (Å²) in [6, 6.07) is 9.42. The van der Waals surface area contributed by atoms with Crippen molar-refractivity contribution in [3.05, 3.63) is 52.7 Å². The summed E-state index contributed by atoms with van der Waals surface area (Å²) in [7, 11) is 0. The molecule has 1 aromatic heterocycles. The molecule has 94 valence electrons. The fourth-order valence-corrected chi connectivity index (χ4v) is 2.04. The molecule has 18 heavy (non-hydrogen) atoms. The summed E-state index contributed by atoms with van der Waals surface area (Å²) in [6.07, 6.45) is -4.45. The largest absolute Gasteiger partial charge is 0.418 e. The molecule has 0 N–H and O–H groups in total. The Hall–Kier alpha value is -1.55. The van der Waals surface area contributed by atoms with Gasteiger partial charge >= 0.3 is 6.18 Å². The third kappa shape index (κ3) is 2.48. The summed E-state index contributed by atoms with van der Waals surface area (Å²) < 4.78 is 39.1. The molecule has 1 aromatic carbocycles. The summed E-state index contributed by atoms with van der Waals surface area (Å²) in [4.78, 5) is 3.82. The third-order valence-corrected chi connectivity index (χ3v) is 2.71. The van der Waals surface area contributed by atoms with Gasteiger partial charge in [0, 0.05) is 5.56 Å². The predicted molar refractivity (Wildman–Crippen MR) is 64.4 cm³/mol. The van der Waals surface area contributed by atoms with Gasteiger partial charge in [0.1, 0.15) is 5.15 Å². The van der Waals surface area contributed by atoms with E-state index < -0.39 is 11.7 Å². The fraction of sp³-hybridized carbons (Fsp3) is 0.154. The average molecular weight is 272 g/mol. The van der Waals surface area contributed by atoms with Crippen LogP contribution >= 0.6 is 11.6 Å². The van der Waals surface area contributed by atoms with E-state index in [1.807, 2.05) is 0 Å². The van der Waals surface area contributed by atoms with Crippen LogP contribution in [0.5, 0.6) is 0 Å². The van der Waals surface area contributed by atoms with E-state index in [1.54, 1.807) is 30.3 Å². The molecule has 0 unspecified atom stereocenters. The number of hydrogen-bond acceptors (Lipinski definition) is 1. The van der Waals surface area contributed by atoms with Crippen LogP contribution in [-0.2, 0) is 6.18 Å². The normalized spacial score (nSPS) is 11.6. The SMILES string of the molecule is Cc1cc(Cl)nc(-c2ccccc2)c1C(F)(F)F. The molecule has 0 saturated carbocycles. The average Bonchev–Trinajstić information content (AvgIpc) is 2.27. The van der Waals surface area contributed by atoms with Crippen LogP contribution in [0.3, 0.4) is 0 Å². The minimum absolute atomic E-state index is 0.0550. The third-order valence-electron chi connectivity index (χ3n) is 2.52. The van der Waals surface area contributed by atoms with Crippen molar-refractivity contribution in [1.29, 1.82) is 0 Å². The number of nitrogens with zero attached hydrogens (tertiary/aromatic N) is 1. The van der Waals surface area contributed by atoms with Gasteiger partial charge in [-0.15, -0.1) is 0 Å². The van der Waals surface area contributed by atoms with Crippen LogP contribution in [0, 0.1) is 6.92 Å². The van der Waals surface area contributed by atoms with Crippen LogP contribution in [-0.4, -0.2) is 4.98 Å².